The molecule has 5 heteroatoms. The zero-order chi connectivity index (χ0) is 13.9. The summed E-state index contributed by atoms with van der Waals surface area (Å²) in [7, 11) is 3.17. The van der Waals surface area contributed by atoms with E-state index in [9.17, 15) is 0 Å². The SMILES string of the molecule is COC1=C[C@@H]2O[C@H](c3ccccc3)OC[C@H]2O[C@H]1OC. The fraction of sp³-hybridized carbons (Fsp3) is 0.467. The first kappa shape index (κ1) is 13.6. The number of hydrogen-bond acceptors (Lipinski definition) is 5. The number of ether oxygens (including phenoxy) is 5. The standard InChI is InChI=1S/C15H18O5/c1-16-12-8-11-13(20-15(12)17-2)9-18-14(19-11)10-6-4-3-5-7-10/h3-8,11,13-15H,9H2,1-2H3/t11-,13+,14+,15+/m0/s1. The summed E-state index contributed by atoms with van der Waals surface area (Å²) in [6.07, 6.45) is 0.645. The van der Waals surface area contributed by atoms with Crippen molar-refractivity contribution in [2.75, 3.05) is 20.8 Å². The van der Waals surface area contributed by atoms with E-state index >= 15 is 0 Å². The van der Waals surface area contributed by atoms with E-state index in [4.69, 9.17) is 23.7 Å². The third-order valence-corrected chi connectivity index (χ3v) is 3.44. The molecule has 0 amide bonds. The maximum absolute atomic E-state index is 5.94. The van der Waals surface area contributed by atoms with Crippen LogP contribution < -0.4 is 0 Å². The van der Waals surface area contributed by atoms with Gasteiger partial charge < -0.3 is 23.7 Å². The molecule has 20 heavy (non-hydrogen) atoms. The average Bonchev–Trinajstić information content (AvgIpc) is 2.53. The molecule has 0 radical (unpaired) electrons. The fourth-order valence-electron chi connectivity index (χ4n) is 2.40. The molecule has 4 atom stereocenters. The molecule has 2 aliphatic rings. The van der Waals surface area contributed by atoms with Gasteiger partial charge in [-0.25, -0.2) is 0 Å². The van der Waals surface area contributed by atoms with Gasteiger partial charge in [0.25, 0.3) is 0 Å². The van der Waals surface area contributed by atoms with Crippen LogP contribution in [0.5, 0.6) is 0 Å². The maximum atomic E-state index is 5.94. The Balaban J connectivity index is 1.77. The lowest BCUT2D eigenvalue weighted by Gasteiger charge is -2.39. The van der Waals surface area contributed by atoms with Crippen LogP contribution in [0.25, 0.3) is 0 Å². The van der Waals surface area contributed by atoms with Crippen molar-refractivity contribution in [1.82, 2.24) is 0 Å². The minimum Gasteiger partial charge on any atom is -0.496 e. The highest BCUT2D eigenvalue weighted by Gasteiger charge is 2.39. The molecule has 0 N–H and O–H groups in total. The van der Waals surface area contributed by atoms with Gasteiger partial charge in [-0.15, -0.1) is 0 Å². The van der Waals surface area contributed by atoms with Crippen molar-refractivity contribution in [2.45, 2.75) is 24.8 Å². The quantitative estimate of drug-likeness (QED) is 0.846. The summed E-state index contributed by atoms with van der Waals surface area (Å²) in [6.45, 7) is 0.456. The van der Waals surface area contributed by atoms with E-state index < -0.39 is 6.29 Å². The van der Waals surface area contributed by atoms with Crippen LogP contribution in [-0.4, -0.2) is 39.3 Å². The van der Waals surface area contributed by atoms with Crippen LogP contribution in [0.15, 0.2) is 42.2 Å². The maximum Gasteiger partial charge on any atom is 0.216 e. The summed E-state index contributed by atoms with van der Waals surface area (Å²) in [5.74, 6) is 0.627. The van der Waals surface area contributed by atoms with Gasteiger partial charge in [0.2, 0.25) is 6.29 Å². The van der Waals surface area contributed by atoms with Gasteiger partial charge in [0.15, 0.2) is 12.0 Å². The first-order valence-corrected chi connectivity index (χ1v) is 6.58. The van der Waals surface area contributed by atoms with Crippen LogP contribution in [0.1, 0.15) is 11.9 Å². The predicted octanol–water partition coefficient (Wildman–Crippen LogP) is 2.00. The Kier molecular flexibility index (Phi) is 4.03. The van der Waals surface area contributed by atoms with Gasteiger partial charge >= 0.3 is 0 Å². The molecule has 108 valence electrons. The van der Waals surface area contributed by atoms with Crippen LogP contribution in [-0.2, 0) is 23.7 Å². The normalized spacial score (nSPS) is 33.2. The van der Waals surface area contributed by atoms with Crippen LogP contribution in [0.3, 0.4) is 0 Å². The van der Waals surface area contributed by atoms with Gasteiger partial charge in [0.05, 0.1) is 13.7 Å². The Bertz CT molecular complexity index is 472. The first-order valence-electron chi connectivity index (χ1n) is 6.58. The molecule has 1 aromatic carbocycles. The largest absolute Gasteiger partial charge is 0.496 e. The highest BCUT2D eigenvalue weighted by Crippen LogP contribution is 2.32. The molecule has 0 bridgehead atoms. The van der Waals surface area contributed by atoms with E-state index in [0.717, 1.165) is 5.56 Å². The Morgan fingerprint density at radius 3 is 2.60 bits per heavy atom. The molecule has 0 aromatic heterocycles. The first-order chi connectivity index (χ1) is 9.81. The Labute approximate surface area is 118 Å². The molecule has 1 aromatic rings. The zero-order valence-corrected chi connectivity index (χ0v) is 11.5. The third-order valence-electron chi connectivity index (χ3n) is 3.44. The van der Waals surface area contributed by atoms with Gasteiger partial charge in [0.1, 0.15) is 12.2 Å². The number of fused-ring (bicyclic) bond motifs is 1. The minimum atomic E-state index is -0.498. The number of methoxy groups -OCH3 is 2. The van der Waals surface area contributed by atoms with Crippen molar-refractivity contribution in [1.29, 1.82) is 0 Å². The van der Waals surface area contributed by atoms with E-state index in [0.29, 0.717) is 12.4 Å². The zero-order valence-electron chi connectivity index (χ0n) is 11.5. The minimum absolute atomic E-state index is 0.182. The smallest absolute Gasteiger partial charge is 0.216 e. The van der Waals surface area contributed by atoms with Crippen molar-refractivity contribution in [3.05, 3.63) is 47.7 Å². The van der Waals surface area contributed by atoms with Gasteiger partial charge in [0, 0.05) is 12.7 Å². The molecule has 1 saturated heterocycles. The molecular formula is C15H18O5. The molecule has 2 aliphatic heterocycles. The number of hydrogen-bond donors (Lipinski definition) is 0. The molecular weight excluding hydrogens is 260 g/mol. The predicted molar refractivity (Wildman–Crippen MR) is 70.8 cm³/mol. The van der Waals surface area contributed by atoms with Gasteiger partial charge in [-0.3, -0.25) is 0 Å². The van der Waals surface area contributed by atoms with E-state index in [-0.39, 0.29) is 18.5 Å². The lowest BCUT2D eigenvalue weighted by Crippen LogP contribution is -2.47. The topological polar surface area (TPSA) is 46.2 Å². The second-order valence-corrected chi connectivity index (χ2v) is 4.69. The van der Waals surface area contributed by atoms with Crippen LogP contribution >= 0.6 is 0 Å². The lowest BCUT2D eigenvalue weighted by molar-refractivity contribution is -0.288. The van der Waals surface area contributed by atoms with Crippen molar-refractivity contribution in [3.8, 4) is 0 Å². The number of rotatable bonds is 3. The van der Waals surface area contributed by atoms with Crippen LogP contribution in [0, 0.1) is 0 Å². The van der Waals surface area contributed by atoms with E-state index in [1.165, 1.54) is 0 Å². The molecule has 0 saturated carbocycles. The number of benzene rings is 1. The van der Waals surface area contributed by atoms with E-state index in [2.05, 4.69) is 0 Å². The lowest BCUT2D eigenvalue weighted by atomic mass is 10.1. The molecule has 0 spiro atoms. The summed E-state index contributed by atoms with van der Waals surface area (Å²) in [5.41, 5.74) is 0.993. The summed E-state index contributed by atoms with van der Waals surface area (Å²) in [5, 5.41) is 0. The van der Waals surface area contributed by atoms with E-state index in [1.807, 2.05) is 36.4 Å². The van der Waals surface area contributed by atoms with Crippen molar-refractivity contribution in [3.63, 3.8) is 0 Å². The summed E-state index contributed by atoms with van der Waals surface area (Å²) in [4.78, 5) is 0. The Morgan fingerprint density at radius 1 is 1.10 bits per heavy atom. The monoisotopic (exact) mass is 278 g/mol. The molecule has 5 nitrogen and oxygen atoms in total. The summed E-state index contributed by atoms with van der Waals surface area (Å²) >= 11 is 0. The van der Waals surface area contributed by atoms with Gasteiger partial charge in [-0.2, -0.15) is 0 Å². The fourth-order valence-corrected chi connectivity index (χ4v) is 2.40. The van der Waals surface area contributed by atoms with Crippen molar-refractivity contribution >= 4 is 0 Å². The third kappa shape index (κ3) is 2.58. The summed E-state index contributed by atoms with van der Waals surface area (Å²) < 4.78 is 27.9. The van der Waals surface area contributed by atoms with Gasteiger partial charge in [-0.1, -0.05) is 30.3 Å². The Hall–Kier alpha value is -1.40. The second-order valence-electron chi connectivity index (χ2n) is 4.69. The molecule has 1 fully saturated rings. The molecule has 0 aliphatic carbocycles. The average molecular weight is 278 g/mol. The van der Waals surface area contributed by atoms with Crippen LogP contribution in [0.4, 0.5) is 0 Å². The highest BCUT2D eigenvalue weighted by molar-refractivity contribution is 5.17. The molecule has 0 unspecified atom stereocenters. The molecule has 2 heterocycles. The highest BCUT2D eigenvalue weighted by atomic mass is 16.7. The van der Waals surface area contributed by atoms with E-state index in [1.54, 1.807) is 14.2 Å². The van der Waals surface area contributed by atoms with Crippen molar-refractivity contribution in [2.24, 2.45) is 0 Å². The Morgan fingerprint density at radius 2 is 1.90 bits per heavy atom. The van der Waals surface area contributed by atoms with Crippen molar-refractivity contribution < 1.29 is 23.7 Å². The van der Waals surface area contributed by atoms with Crippen LogP contribution in [0.2, 0.25) is 0 Å². The summed E-state index contributed by atoms with van der Waals surface area (Å²) in [6, 6.07) is 9.85. The molecule has 3 rings (SSSR count). The van der Waals surface area contributed by atoms with Gasteiger partial charge in [-0.05, 0) is 6.08 Å². The second kappa shape index (κ2) is 5.93.